The van der Waals surface area contributed by atoms with Gasteiger partial charge in [-0.2, -0.15) is 0 Å². The number of hydrogen-bond acceptors (Lipinski definition) is 4. The third-order valence-corrected chi connectivity index (χ3v) is 5.06. The average Bonchev–Trinajstić information content (AvgIpc) is 2.56. The number of carbonyl (C=O) groups is 1. The Bertz CT molecular complexity index is 533. The molecule has 2 aliphatic rings. The number of nitrogens with one attached hydrogen (secondary N) is 1. The van der Waals surface area contributed by atoms with Gasteiger partial charge in [0.1, 0.15) is 0 Å². The van der Waals surface area contributed by atoms with Gasteiger partial charge in [0.15, 0.2) is 0 Å². The molecule has 25 heavy (non-hydrogen) atoms. The molecule has 0 bridgehead atoms. The first-order valence-electron chi connectivity index (χ1n) is 9.52. The Morgan fingerprint density at radius 3 is 2.36 bits per heavy atom. The lowest BCUT2D eigenvalue weighted by molar-refractivity contribution is -0.127. The summed E-state index contributed by atoms with van der Waals surface area (Å²) in [5.41, 5.74) is 1.36. The summed E-state index contributed by atoms with van der Waals surface area (Å²) in [6.45, 7) is 9.41. The number of ether oxygens (including phenoxy) is 1. The van der Waals surface area contributed by atoms with Crippen molar-refractivity contribution in [3.8, 4) is 0 Å². The van der Waals surface area contributed by atoms with Crippen LogP contribution in [0.2, 0.25) is 0 Å². The lowest BCUT2D eigenvalue weighted by atomic mass is 10.0. The Labute approximate surface area is 151 Å². The van der Waals surface area contributed by atoms with Crippen molar-refractivity contribution in [1.29, 1.82) is 0 Å². The van der Waals surface area contributed by atoms with Gasteiger partial charge in [0.2, 0.25) is 5.91 Å². The van der Waals surface area contributed by atoms with Gasteiger partial charge in [0, 0.05) is 38.8 Å². The Morgan fingerprint density at radius 1 is 1.08 bits per heavy atom. The van der Waals surface area contributed by atoms with Crippen molar-refractivity contribution >= 4 is 5.91 Å². The number of amides is 1. The van der Waals surface area contributed by atoms with E-state index in [0.717, 1.165) is 45.6 Å². The fourth-order valence-electron chi connectivity index (χ4n) is 3.97. The molecular weight excluding hydrogens is 314 g/mol. The summed E-state index contributed by atoms with van der Waals surface area (Å²) in [5.74, 6) is 0.155. The van der Waals surface area contributed by atoms with Crippen molar-refractivity contribution < 1.29 is 9.53 Å². The van der Waals surface area contributed by atoms with E-state index >= 15 is 0 Å². The van der Waals surface area contributed by atoms with Gasteiger partial charge < -0.3 is 10.1 Å². The number of piperidine rings is 1. The molecule has 1 N–H and O–H groups in total. The molecule has 0 spiro atoms. The molecule has 5 nitrogen and oxygen atoms in total. The number of hydrogen-bond donors (Lipinski definition) is 1. The maximum absolute atomic E-state index is 12.4. The van der Waals surface area contributed by atoms with Crippen molar-refractivity contribution in [3.63, 3.8) is 0 Å². The topological polar surface area (TPSA) is 44.8 Å². The molecule has 0 aliphatic carbocycles. The molecule has 5 heteroatoms. The van der Waals surface area contributed by atoms with E-state index in [2.05, 4.69) is 59.3 Å². The third-order valence-electron chi connectivity index (χ3n) is 5.06. The normalized spacial score (nSPS) is 26.5. The summed E-state index contributed by atoms with van der Waals surface area (Å²) >= 11 is 0. The number of nitrogens with zero attached hydrogens (tertiary/aromatic N) is 2. The van der Waals surface area contributed by atoms with Gasteiger partial charge in [0.25, 0.3) is 0 Å². The molecule has 2 fully saturated rings. The number of likely N-dealkylation sites (tertiary alicyclic amines) is 1. The van der Waals surface area contributed by atoms with Crippen molar-refractivity contribution in [2.45, 2.75) is 51.5 Å². The molecule has 0 radical (unpaired) electrons. The van der Waals surface area contributed by atoms with E-state index in [0.29, 0.717) is 12.6 Å². The maximum atomic E-state index is 12.4. The Balaban J connectivity index is 1.37. The second-order valence-electron chi connectivity index (χ2n) is 7.55. The smallest absolute Gasteiger partial charge is 0.234 e. The highest BCUT2D eigenvalue weighted by atomic mass is 16.5. The van der Waals surface area contributed by atoms with Gasteiger partial charge in [-0.05, 0) is 32.3 Å². The second kappa shape index (κ2) is 8.79. The Morgan fingerprint density at radius 2 is 1.72 bits per heavy atom. The summed E-state index contributed by atoms with van der Waals surface area (Å²) < 4.78 is 5.73. The number of benzene rings is 1. The van der Waals surface area contributed by atoms with Crippen LogP contribution in [0.1, 0.15) is 32.3 Å². The van der Waals surface area contributed by atoms with E-state index in [1.807, 2.05) is 0 Å². The molecule has 0 saturated carbocycles. The fraction of sp³-hybridized carbons (Fsp3) is 0.650. The van der Waals surface area contributed by atoms with E-state index < -0.39 is 0 Å². The lowest BCUT2D eigenvalue weighted by Gasteiger charge is -2.36. The molecule has 2 atom stereocenters. The highest BCUT2D eigenvalue weighted by Crippen LogP contribution is 2.14. The highest BCUT2D eigenvalue weighted by Gasteiger charge is 2.25. The van der Waals surface area contributed by atoms with Crippen LogP contribution >= 0.6 is 0 Å². The molecule has 0 unspecified atom stereocenters. The van der Waals surface area contributed by atoms with Crippen LogP contribution in [0.4, 0.5) is 0 Å². The molecule has 1 amide bonds. The predicted octanol–water partition coefficient (Wildman–Crippen LogP) is 1.88. The summed E-state index contributed by atoms with van der Waals surface area (Å²) in [6.07, 6.45) is 2.48. The lowest BCUT2D eigenvalue weighted by Crippen LogP contribution is -2.51. The molecule has 2 aliphatic heterocycles. The van der Waals surface area contributed by atoms with E-state index in [1.54, 1.807) is 0 Å². The maximum Gasteiger partial charge on any atom is 0.234 e. The van der Waals surface area contributed by atoms with Gasteiger partial charge in [-0.15, -0.1) is 0 Å². The summed E-state index contributed by atoms with van der Waals surface area (Å²) in [4.78, 5) is 17.0. The minimum Gasteiger partial charge on any atom is -0.373 e. The number of carbonyl (C=O) groups excluding carboxylic acids is 1. The van der Waals surface area contributed by atoms with Crippen molar-refractivity contribution in [2.24, 2.45) is 0 Å². The summed E-state index contributed by atoms with van der Waals surface area (Å²) in [7, 11) is 0. The fourth-order valence-corrected chi connectivity index (χ4v) is 3.97. The van der Waals surface area contributed by atoms with E-state index in [-0.39, 0.29) is 18.1 Å². The largest absolute Gasteiger partial charge is 0.373 e. The van der Waals surface area contributed by atoms with Crippen LogP contribution in [-0.4, -0.2) is 66.7 Å². The standard InChI is InChI=1S/C20H31N3O2/c1-16-12-23(13-17(2)25-16)15-20(24)21-19-8-10-22(11-9-19)14-18-6-4-3-5-7-18/h3-7,16-17,19H,8-15H2,1-2H3,(H,21,24)/t16-,17-/m0/s1. The number of morpholine rings is 1. The molecule has 1 aromatic carbocycles. The van der Waals surface area contributed by atoms with Gasteiger partial charge in [0.05, 0.1) is 18.8 Å². The van der Waals surface area contributed by atoms with Crippen molar-refractivity contribution in [1.82, 2.24) is 15.1 Å². The average molecular weight is 345 g/mol. The first kappa shape index (κ1) is 18.4. The van der Waals surface area contributed by atoms with E-state index in [9.17, 15) is 4.79 Å². The first-order valence-corrected chi connectivity index (χ1v) is 9.52. The zero-order valence-corrected chi connectivity index (χ0v) is 15.5. The predicted molar refractivity (Wildman–Crippen MR) is 99.3 cm³/mol. The SMILES string of the molecule is C[C@H]1CN(CC(=O)NC2CCN(Cc3ccccc3)CC2)C[C@H](C)O1. The minimum absolute atomic E-state index is 0.155. The van der Waals surface area contributed by atoms with Gasteiger partial charge in [-0.1, -0.05) is 30.3 Å². The second-order valence-corrected chi connectivity index (χ2v) is 7.55. The molecule has 138 valence electrons. The van der Waals surface area contributed by atoms with Crippen LogP contribution in [0.25, 0.3) is 0 Å². The van der Waals surface area contributed by atoms with Crippen LogP contribution in [-0.2, 0) is 16.1 Å². The summed E-state index contributed by atoms with van der Waals surface area (Å²) in [5, 5.41) is 3.23. The Hall–Kier alpha value is -1.43. The number of rotatable bonds is 5. The zero-order chi connectivity index (χ0) is 17.6. The molecule has 2 saturated heterocycles. The van der Waals surface area contributed by atoms with Crippen molar-refractivity contribution in [2.75, 3.05) is 32.7 Å². The van der Waals surface area contributed by atoms with Crippen LogP contribution < -0.4 is 5.32 Å². The molecule has 0 aromatic heterocycles. The van der Waals surface area contributed by atoms with Crippen LogP contribution in [0, 0.1) is 0 Å². The van der Waals surface area contributed by atoms with E-state index in [1.165, 1.54) is 5.56 Å². The van der Waals surface area contributed by atoms with Crippen LogP contribution in [0.15, 0.2) is 30.3 Å². The molecule has 3 rings (SSSR count). The monoisotopic (exact) mass is 345 g/mol. The van der Waals surface area contributed by atoms with Gasteiger partial charge >= 0.3 is 0 Å². The Kier molecular flexibility index (Phi) is 6.45. The first-order chi connectivity index (χ1) is 12.1. The van der Waals surface area contributed by atoms with Gasteiger partial charge in [-0.25, -0.2) is 0 Å². The molecular formula is C20H31N3O2. The third kappa shape index (κ3) is 5.80. The van der Waals surface area contributed by atoms with E-state index in [4.69, 9.17) is 4.74 Å². The minimum atomic E-state index is 0.155. The summed E-state index contributed by atoms with van der Waals surface area (Å²) in [6, 6.07) is 10.9. The quantitative estimate of drug-likeness (QED) is 0.885. The van der Waals surface area contributed by atoms with Crippen LogP contribution in [0.5, 0.6) is 0 Å². The van der Waals surface area contributed by atoms with Gasteiger partial charge in [-0.3, -0.25) is 14.6 Å². The highest BCUT2D eigenvalue weighted by molar-refractivity contribution is 5.78. The van der Waals surface area contributed by atoms with Crippen molar-refractivity contribution in [3.05, 3.63) is 35.9 Å². The van der Waals surface area contributed by atoms with Crippen LogP contribution in [0.3, 0.4) is 0 Å². The molecule has 1 aromatic rings. The zero-order valence-electron chi connectivity index (χ0n) is 15.5. The molecule has 2 heterocycles.